The van der Waals surface area contributed by atoms with Crippen LogP contribution in [0.3, 0.4) is 0 Å². The molecule has 0 spiro atoms. The molecule has 45 heavy (non-hydrogen) atoms. The van der Waals surface area contributed by atoms with Gasteiger partial charge in [0, 0.05) is 27.6 Å². The number of likely N-dealkylation sites (tertiary alicyclic amines) is 1. The molecule has 3 aromatic carbocycles. The fourth-order valence-electron chi connectivity index (χ4n) is 5.17. The molecule has 2 aliphatic heterocycles. The first kappa shape index (κ1) is 39.1. The van der Waals surface area contributed by atoms with E-state index in [0.717, 1.165) is 48.3 Å². The Balaban J connectivity index is 0.00000166. The summed E-state index contributed by atoms with van der Waals surface area (Å²) in [6, 6.07) is 24.5. The first-order chi connectivity index (χ1) is 20.1. The average molecular weight is 656 g/mol. The van der Waals surface area contributed by atoms with Crippen molar-refractivity contribution in [3.8, 4) is 29.0 Å². The molecule has 4 aromatic rings. The number of hydrogen-bond donors (Lipinski definition) is 2. The highest BCUT2D eigenvalue weighted by molar-refractivity contribution is 8.14. The van der Waals surface area contributed by atoms with Gasteiger partial charge in [0.15, 0.2) is 0 Å². The minimum atomic E-state index is -0.488. The number of thioether (sulfide) groups is 1. The minimum Gasteiger partial charge on any atom is -0.492 e. The lowest BCUT2D eigenvalue weighted by Crippen LogP contribution is -2.38. The van der Waals surface area contributed by atoms with Gasteiger partial charge in [0.25, 0.3) is 5.24 Å². The van der Waals surface area contributed by atoms with Crippen LogP contribution >= 0.6 is 23.1 Å². The van der Waals surface area contributed by atoms with Crippen molar-refractivity contribution in [2.24, 2.45) is 0 Å². The van der Waals surface area contributed by atoms with Crippen LogP contribution in [0.5, 0.6) is 5.75 Å². The van der Waals surface area contributed by atoms with E-state index in [1.165, 1.54) is 52.0 Å². The average Bonchev–Trinajstić information content (AvgIpc) is 3.77. The summed E-state index contributed by atoms with van der Waals surface area (Å²) >= 11 is 2.93. The van der Waals surface area contributed by atoms with Gasteiger partial charge in [-0.15, -0.1) is 24.2 Å². The summed E-state index contributed by atoms with van der Waals surface area (Å²) in [6.07, 6.45) is 11.4. The fraction of sp³-hybridized carbons (Fsp3) is 0.273. The third-order valence-corrected chi connectivity index (χ3v) is 9.42. The number of ether oxygens (including phenoxy) is 1. The summed E-state index contributed by atoms with van der Waals surface area (Å²) in [5, 5.41) is 6.73. The highest BCUT2D eigenvalue weighted by atomic mass is 32.2. The Kier molecular flexibility index (Phi) is 16.3. The smallest absolute Gasteiger partial charge is 0.279 e. The van der Waals surface area contributed by atoms with Gasteiger partial charge in [-0.3, -0.25) is 14.5 Å². The molecule has 0 bridgehead atoms. The maximum atomic E-state index is 12.5. The molecular weight excluding hydrogens is 615 g/mol. The molecule has 1 atom stereocenters. The van der Waals surface area contributed by atoms with E-state index in [9.17, 15) is 9.59 Å². The summed E-state index contributed by atoms with van der Waals surface area (Å²) in [7, 11) is 0. The molecule has 6 rings (SSSR count). The van der Waals surface area contributed by atoms with Crippen LogP contribution in [0.25, 0.3) is 20.5 Å². The monoisotopic (exact) mass is 655 g/mol. The maximum Gasteiger partial charge on any atom is 0.279 e. The van der Waals surface area contributed by atoms with E-state index in [1.54, 1.807) is 11.3 Å². The quantitative estimate of drug-likeness (QED) is 0.260. The van der Waals surface area contributed by atoms with Crippen molar-refractivity contribution in [3.63, 3.8) is 0 Å². The zero-order valence-electron chi connectivity index (χ0n) is 24.8. The second-order valence-electron chi connectivity index (χ2n) is 9.99. The number of nitrogens with one attached hydrogen (secondary N) is 2. The summed E-state index contributed by atoms with van der Waals surface area (Å²) in [5.41, 5.74) is 4.39. The van der Waals surface area contributed by atoms with E-state index in [2.05, 4.69) is 89.0 Å². The van der Waals surface area contributed by atoms with Crippen LogP contribution in [-0.4, -0.2) is 76.0 Å². The van der Waals surface area contributed by atoms with Gasteiger partial charge in [-0.1, -0.05) is 54.2 Å². The molecule has 1 aromatic heterocycles. The Hall–Kier alpha value is -3.93. The number of thiophene rings is 1. The molecule has 2 amide bonds. The molecule has 242 valence electrons. The number of fused-ring (bicyclic) bond motifs is 1. The molecule has 0 saturated carbocycles. The van der Waals surface area contributed by atoms with Crippen LogP contribution in [0, 0.1) is 12.8 Å². The third kappa shape index (κ3) is 9.78. The number of amides is 2. The van der Waals surface area contributed by atoms with E-state index in [-0.39, 0.29) is 33.1 Å². The van der Waals surface area contributed by atoms with Gasteiger partial charge in [0.1, 0.15) is 18.4 Å². The van der Waals surface area contributed by atoms with Crippen molar-refractivity contribution in [3.05, 3.63) is 83.9 Å². The van der Waals surface area contributed by atoms with Crippen LogP contribution in [0.4, 0.5) is 10.5 Å². The van der Waals surface area contributed by atoms with Crippen molar-refractivity contribution in [1.82, 2.24) is 10.2 Å². The molecule has 1 unspecified atom stereocenters. The molecule has 2 fully saturated rings. The van der Waals surface area contributed by atoms with Crippen molar-refractivity contribution in [2.45, 2.75) is 25.3 Å². The number of carbonyl (C=O) groups excluding carboxylic acids is 2. The van der Waals surface area contributed by atoms with Gasteiger partial charge in [0.05, 0.1) is 0 Å². The summed E-state index contributed by atoms with van der Waals surface area (Å²) in [4.78, 5) is 27.6. The number of benzene rings is 3. The topological polar surface area (TPSA) is 197 Å². The van der Waals surface area contributed by atoms with Crippen LogP contribution in [-0.2, 0) is 11.2 Å². The minimum absolute atomic E-state index is 0. The molecule has 0 radical (unpaired) electrons. The number of terminal acetylenes is 1. The van der Waals surface area contributed by atoms with Gasteiger partial charge >= 0.3 is 0 Å². The Labute approximate surface area is 271 Å². The summed E-state index contributed by atoms with van der Waals surface area (Å²) in [6.45, 7) is 4.10. The molecule has 10 nitrogen and oxygen atoms in total. The summed E-state index contributed by atoms with van der Waals surface area (Å²) in [5.74, 6) is 1.19. The van der Waals surface area contributed by atoms with E-state index in [1.807, 2.05) is 12.1 Å². The number of rotatable bonds is 9. The van der Waals surface area contributed by atoms with Gasteiger partial charge in [-0.05, 0) is 84.8 Å². The highest BCUT2D eigenvalue weighted by Gasteiger charge is 2.28. The second-order valence-corrected chi connectivity index (χ2v) is 12.0. The maximum absolute atomic E-state index is 12.5. The normalized spacial score (nSPS) is 15.2. The van der Waals surface area contributed by atoms with Crippen molar-refractivity contribution in [2.75, 3.05) is 37.3 Å². The lowest BCUT2D eigenvalue weighted by molar-refractivity contribution is -0.117. The van der Waals surface area contributed by atoms with E-state index >= 15 is 0 Å². The lowest BCUT2D eigenvalue weighted by Gasteiger charge is -2.15. The predicted octanol–water partition coefficient (Wildman–Crippen LogP) is 3.35. The van der Waals surface area contributed by atoms with Gasteiger partial charge in [-0.2, -0.15) is 0 Å². The van der Waals surface area contributed by atoms with Crippen molar-refractivity contribution < 1.29 is 36.2 Å². The second kappa shape index (κ2) is 18.8. The first-order valence-corrected chi connectivity index (χ1v) is 15.5. The van der Waals surface area contributed by atoms with Crippen molar-refractivity contribution >= 4 is 50.0 Å². The number of carbonyl (C=O) groups is 2. The molecule has 10 N–H and O–H groups in total. The largest absolute Gasteiger partial charge is 0.492 e. The zero-order valence-corrected chi connectivity index (χ0v) is 26.4. The van der Waals surface area contributed by atoms with Crippen LogP contribution < -0.4 is 15.4 Å². The van der Waals surface area contributed by atoms with Crippen LogP contribution in [0.2, 0.25) is 0 Å². The Morgan fingerprint density at radius 1 is 0.933 bits per heavy atom. The van der Waals surface area contributed by atoms with Crippen LogP contribution in [0.15, 0.2) is 72.8 Å². The standard InChI is InChI=1S/C31H31N3O3S2.C2H2.4H2O/c35-30(27-20-38-31(36)33-27)32-23-11-9-22(10-12-23)29-26(25-5-1-2-6-28(25)39-29)19-21-7-13-24(14-8-21)37-18-17-34-15-3-4-16-34;1-2;;;;/h1-2,5-14,27H,3-4,15-20H2,(H,32,35)(H,33,36);1-2H;4*1H2. The zero-order chi connectivity index (χ0) is 28.6. The molecule has 12 heteroatoms. The number of anilines is 1. The Morgan fingerprint density at radius 2 is 1.60 bits per heavy atom. The van der Waals surface area contributed by atoms with Gasteiger partial charge in [0.2, 0.25) is 5.91 Å². The number of nitrogens with zero attached hydrogens (tertiary/aromatic N) is 1. The predicted molar refractivity (Wildman–Crippen MR) is 185 cm³/mol. The Bertz CT molecular complexity index is 1520. The molecule has 2 aliphatic rings. The fourth-order valence-corrected chi connectivity index (χ4v) is 7.18. The summed E-state index contributed by atoms with van der Waals surface area (Å²) < 4.78 is 7.27. The van der Waals surface area contributed by atoms with E-state index in [0.29, 0.717) is 5.75 Å². The molecule has 3 heterocycles. The van der Waals surface area contributed by atoms with Gasteiger partial charge < -0.3 is 37.3 Å². The SMILES string of the molecule is C#C.O.O.O.O.O=C1NC(C(=O)Nc2ccc(-c3sc4ccccc4c3Cc3ccc(OCCN4CCCC4)cc3)cc2)CS1. The molecular formula is C33H41N3O7S2. The van der Waals surface area contributed by atoms with Crippen molar-refractivity contribution in [1.29, 1.82) is 0 Å². The number of hydrogen-bond acceptors (Lipinski definition) is 6. The molecule has 0 aliphatic carbocycles. The lowest BCUT2D eigenvalue weighted by atomic mass is 9.99. The van der Waals surface area contributed by atoms with Gasteiger partial charge in [-0.25, -0.2) is 0 Å². The third-order valence-electron chi connectivity index (χ3n) is 7.28. The van der Waals surface area contributed by atoms with E-state index in [4.69, 9.17) is 4.74 Å². The molecule has 2 saturated heterocycles. The highest BCUT2D eigenvalue weighted by Crippen LogP contribution is 2.40. The van der Waals surface area contributed by atoms with Crippen LogP contribution in [0.1, 0.15) is 24.0 Å². The first-order valence-electron chi connectivity index (χ1n) is 13.7. The Morgan fingerprint density at radius 3 is 2.24 bits per heavy atom. The van der Waals surface area contributed by atoms with E-state index < -0.39 is 6.04 Å².